The van der Waals surface area contributed by atoms with Crippen LogP contribution in [0, 0.1) is 5.92 Å². The zero-order valence-electron chi connectivity index (χ0n) is 13.5. The van der Waals surface area contributed by atoms with E-state index in [2.05, 4.69) is 24.1 Å². The van der Waals surface area contributed by atoms with Crippen LogP contribution in [0.3, 0.4) is 0 Å². The third-order valence-electron chi connectivity index (χ3n) is 4.28. The van der Waals surface area contributed by atoms with Gasteiger partial charge in [-0.25, -0.2) is 9.78 Å². The van der Waals surface area contributed by atoms with E-state index in [0.29, 0.717) is 18.5 Å². The molecule has 1 N–H and O–H groups in total. The number of hydrogen-bond acceptors (Lipinski definition) is 2. The Kier molecular flexibility index (Phi) is 5.65. The van der Waals surface area contributed by atoms with Crippen molar-refractivity contribution in [3.8, 4) is 0 Å². The molecule has 118 valence electrons. The number of urea groups is 1. The predicted molar refractivity (Wildman–Crippen MR) is 83.9 cm³/mol. The van der Waals surface area contributed by atoms with E-state index in [9.17, 15) is 4.79 Å². The Morgan fingerprint density at radius 1 is 1.48 bits per heavy atom. The van der Waals surface area contributed by atoms with E-state index in [1.165, 1.54) is 12.8 Å². The van der Waals surface area contributed by atoms with Crippen LogP contribution in [-0.2, 0) is 13.6 Å². The number of piperidine rings is 1. The lowest BCUT2D eigenvalue weighted by atomic mass is 9.95. The highest BCUT2D eigenvalue weighted by molar-refractivity contribution is 5.74. The summed E-state index contributed by atoms with van der Waals surface area (Å²) < 4.78 is 1.94. The molecule has 2 amide bonds. The highest BCUT2D eigenvalue weighted by Crippen LogP contribution is 2.22. The summed E-state index contributed by atoms with van der Waals surface area (Å²) in [4.78, 5) is 18.7. The standard InChI is InChI=1S/C16H28N4O/c1-13(2)7-8-14-6-4-5-10-20(14)16(21)18-12-15-17-9-11-19(15)3/h9,11,13-14H,4-8,10,12H2,1-3H3,(H,18,21)/t14-/m1/s1. The van der Waals surface area contributed by atoms with Crippen LogP contribution in [0.1, 0.15) is 51.8 Å². The molecule has 5 nitrogen and oxygen atoms in total. The Bertz CT molecular complexity index is 455. The Labute approximate surface area is 127 Å². The third-order valence-corrected chi connectivity index (χ3v) is 4.28. The first-order valence-corrected chi connectivity index (χ1v) is 8.08. The summed E-state index contributed by atoms with van der Waals surface area (Å²) in [6.45, 7) is 5.87. The molecule has 1 atom stereocenters. The number of aryl methyl sites for hydroxylation is 1. The average Bonchev–Trinajstić information content (AvgIpc) is 2.88. The summed E-state index contributed by atoms with van der Waals surface area (Å²) in [5, 5.41) is 3.02. The molecular formula is C16H28N4O. The van der Waals surface area contributed by atoms with Crippen LogP contribution < -0.4 is 5.32 Å². The number of imidazole rings is 1. The van der Waals surface area contributed by atoms with Crippen molar-refractivity contribution in [3.05, 3.63) is 18.2 Å². The molecule has 2 heterocycles. The number of nitrogens with zero attached hydrogens (tertiary/aromatic N) is 3. The second kappa shape index (κ2) is 7.48. The minimum Gasteiger partial charge on any atom is -0.337 e. The van der Waals surface area contributed by atoms with E-state index in [4.69, 9.17) is 0 Å². The van der Waals surface area contributed by atoms with Crippen molar-refractivity contribution in [1.29, 1.82) is 0 Å². The van der Waals surface area contributed by atoms with Crippen LogP contribution in [0.4, 0.5) is 4.79 Å². The van der Waals surface area contributed by atoms with Crippen molar-refractivity contribution in [3.63, 3.8) is 0 Å². The zero-order valence-corrected chi connectivity index (χ0v) is 13.5. The molecule has 1 aliphatic heterocycles. The van der Waals surface area contributed by atoms with Gasteiger partial charge in [0, 0.05) is 32.0 Å². The maximum atomic E-state index is 12.4. The highest BCUT2D eigenvalue weighted by Gasteiger charge is 2.26. The van der Waals surface area contributed by atoms with E-state index in [0.717, 1.165) is 31.6 Å². The summed E-state index contributed by atoms with van der Waals surface area (Å²) in [6.07, 6.45) is 9.46. The molecule has 0 bridgehead atoms. The molecule has 0 aliphatic carbocycles. The molecule has 1 saturated heterocycles. The number of carbonyl (C=O) groups excluding carboxylic acids is 1. The fourth-order valence-corrected chi connectivity index (χ4v) is 2.92. The molecule has 0 radical (unpaired) electrons. The maximum absolute atomic E-state index is 12.4. The van der Waals surface area contributed by atoms with E-state index in [1.54, 1.807) is 6.20 Å². The number of aromatic nitrogens is 2. The number of rotatable bonds is 5. The molecule has 0 aromatic carbocycles. The maximum Gasteiger partial charge on any atom is 0.318 e. The fourth-order valence-electron chi connectivity index (χ4n) is 2.92. The second-order valence-electron chi connectivity index (χ2n) is 6.43. The average molecular weight is 292 g/mol. The van der Waals surface area contributed by atoms with Gasteiger partial charge < -0.3 is 14.8 Å². The minimum absolute atomic E-state index is 0.0615. The summed E-state index contributed by atoms with van der Waals surface area (Å²) in [5.41, 5.74) is 0. The van der Waals surface area contributed by atoms with Crippen LogP contribution in [0.15, 0.2) is 12.4 Å². The van der Waals surface area contributed by atoms with Gasteiger partial charge in [-0.05, 0) is 38.0 Å². The van der Waals surface area contributed by atoms with Crippen LogP contribution in [-0.4, -0.2) is 33.1 Å². The van der Waals surface area contributed by atoms with Gasteiger partial charge in [-0.15, -0.1) is 0 Å². The number of carbonyl (C=O) groups is 1. The quantitative estimate of drug-likeness (QED) is 0.907. The molecule has 2 rings (SSSR count). The predicted octanol–water partition coefficient (Wildman–Crippen LogP) is 2.92. The molecule has 0 saturated carbocycles. The van der Waals surface area contributed by atoms with Crippen molar-refractivity contribution in [2.24, 2.45) is 13.0 Å². The van der Waals surface area contributed by atoms with E-state index < -0.39 is 0 Å². The molecule has 5 heteroatoms. The van der Waals surface area contributed by atoms with Crippen LogP contribution >= 0.6 is 0 Å². The summed E-state index contributed by atoms with van der Waals surface area (Å²) >= 11 is 0. The molecule has 1 fully saturated rings. The fraction of sp³-hybridized carbons (Fsp3) is 0.750. The zero-order chi connectivity index (χ0) is 15.2. The van der Waals surface area contributed by atoms with Crippen molar-refractivity contribution >= 4 is 6.03 Å². The second-order valence-corrected chi connectivity index (χ2v) is 6.43. The van der Waals surface area contributed by atoms with Crippen molar-refractivity contribution in [2.45, 2.75) is 58.5 Å². The first kappa shape index (κ1) is 15.9. The number of amides is 2. The van der Waals surface area contributed by atoms with Crippen LogP contribution in [0.5, 0.6) is 0 Å². The molecule has 1 aliphatic rings. The van der Waals surface area contributed by atoms with Crippen molar-refractivity contribution < 1.29 is 4.79 Å². The van der Waals surface area contributed by atoms with E-state index >= 15 is 0 Å². The Morgan fingerprint density at radius 3 is 2.95 bits per heavy atom. The lowest BCUT2D eigenvalue weighted by molar-refractivity contribution is 0.142. The first-order valence-electron chi connectivity index (χ1n) is 8.08. The Morgan fingerprint density at radius 2 is 2.29 bits per heavy atom. The van der Waals surface area contributed by atoms with Crippen molar-refractivity contribution in [2.75, 3.05) is 6.54 Å². The molecular weight excluding hydrogens is 264 g/mol. The van der Waals surface area contributed by atoms with Crippen molar-refractivity contribution in [1.82, 2.24) is 19.8 Å². The molecule has 0 unspecified atom stereocenters. The number of likely N-dealkylation sites (tertiary alicyclic amines) is 1. The highest BCUT2D eigenvalue weighted by atomic mass is 16.2. The van der Waals surface area contributed by atoms with Gasteiger partial charge in [0.15, 0.2) is 0 Å². The topological polar surface area (TPSA) is 50.2 Å². The minimum atomic E-state index is 0.0615. The molecule has 1 aromatic heterocycles. The first-order chi connectivity index (χ1) is 10.1. The van der Waals surface area contributed by atoms with E-state index in [1.807, 2.05) is 22.7 Å². The van der Waals surface area contributed by atoms with Gasteiger partial charge in [-0.3, -0.25) is 0 Å². The molecule has 1 aromatic rings. The Hall–Kier alpha value is -1.52. The summed E-state index contributed by atoms with van der Waals surface area (Å²) in [7, 11) is 1.95. The normalized spacial score (nSPS) is 19.0. The smallest absolute Gasteiger partial charge is 0.318 e. The van der Waals surface area contributed by atoms with Gasteiger partial charge >= 0.3 is 6.03 Å². The SMILES string of the molecule is CC(C)CC[C@H]1CCCCN1C(=O)NCc1nccn1C. The monoisotopic (exact) mass is 292 g/mol. The van der Waals surface area contributed by atoms with E-state index in [-0.39, 0.29) is 6.03 Å². The lowest BCUT2D eigenvalue weighted by Gasteiger charge is -2.36. The van der Waals surface area contributed by atoms with Gasteiger partial charge in [0.2, 0.25) is 0 Å². The van der Waals surface area contributed by atoms with Gasteiger partial charge in [0.05, 0.1) is 6.54 Å². The van der Waals surface area contributed by atoms with Gasteiger partial charge in [-0.1, -0.05) is 13.8 Å². The molecule has 21 heavy (non-hydrogen) atoms. The largest absolute Gasteiger partial charge is 0.337 e. The number of hydrogen-bond donors (Lipinski definition) is 1. The van der Waals surface area contributed by atoms with Gasteiger partial charge in [0.25, 0.3) is 0 Å². The third kappa shape index (κ3) is 4.48. The van der Waals surface area contributed by atoms with Gasteiger partial charge in [-0.2, -0.15) is 0 Å². The van der Waals surface area contributed by atoms with Crippen LogP contribution in [0.2, 0.25) is 0 Å². The lowest BCUT2D eigenvalue weighted by Crippen LogP contribution is -2.48. The molecule has 0 spiro atoms. The summed E-state index contributed by atoms with van der Waals surface area (Å²) in [5.74, 6) is 1.59. The van der Waals surface area contributed by atoms with Gasteiger partial charge in [0.1, 0.15) is 5.82 Å². The number of nitrogens with one attached hydrogen (secondary N) is 1. The van der Waals surface area contributed by atoms with Crippen LogP contribution in [0.25, 0.3) is 0 Å². The Balaban J connectivity index is 1.87. The summed E-state index contributed by atoms with van der Waals surface area (Å²) in [6, 6.07) is 0.467.